The molecule has 0 bridgehead atoms. The molecule has 1 saturated heterocycles. The third-order valence-electron chi connectivity index (χ3n) is 2.83. The van der Waals surface area contributed by atoms with Crippen LogP contribution in [-0.2, 0) is 9.53 Å². The zero-order valence-corrected chi connectivity index (χ0v) is 10.9. The van der Waals surface area contributed by atoms with Crippen molar-refractivity contribution in [2.75, 3.05) is 26.3 Å². The molecule has 1 aliphatic rings. The lowest BCUT2D eigenvalue weighted by molar-refractivity contribution is -0.145. The zero-order chi connectivity index (χ0) is 12.3. The number of hydrogen-bond donors (Lipinski definition) is 1. The lowest BCUT2D eigenvalue weighted by atomic mass is 10.1. The number of rotatable bonds is 3. The highest BCUT2D eigenvalue weighted by Crippen LogP contribution is 2.23. The summed E-state index contributed by atoms with van der Waals surface area (Å²) in [6.07, 6.45) is 0. The third kappa shape index (κ3) is 3.06. The second kappa shape index (κ2) is 5.62. The van der Waals surface area contributed by atoms with Gasteiger partial charge in [-0.3, -0.25) is 9.69 Å². The van der Waals surface area contributed by atoms with Gasteiger partial charge in [-0.2, -0.15) is 0 Å². The Morgan fingerprint density at radius 3 is 2.41 bits per heavy atom. The number of carboxylic acid groups (broad SMARTS) is 1. The Kier molecular flexibility index (Phi) is 4.15. The molecule has 0 amide bonds. The molecule has 1 atom stereocenters. The molecule has 1 heterocycles. The highest BCUT2D eigenvalue weighted by atomic mass is 79.9. The van der Waals surface area contributed by atoms with Crippen LogP contribution in [-0.4, -0.2) is 42.3 Å². The predicted molar refractivity (Wildman–Crippen MR) is 66.9 cm³/mol. The molecule has 1 aromatic rings. The molecule has 4 nitrogen and oxygen atoms in total. The van der Waals surface area contributed by atoms with Crippen LogP contribution >= 0.6 is 15.9 Å². The van der Waals surface area contributed by atoms with Crippen LogP contribution in [0.1, 0.15) is 11.6 Å². The van der Waals surface area contributed by atoms with E-state index in [-0.39, 0.29) is 0 Å². The summed E-state index contributed by atoms with van der Waals surface area (Å²) in [5.74, 6) is -0.811. The monoisotopic (exact) mass is 299 g/mol. The van der Waals surface area contributed by atoms with Crippen LogP contribution in [0.3, 0.4) is 0 Å². The molecule has 1 aliphatic heterocycles. The van der Waals surface area contributed by atoms with E-state index in [1.807, 2.05) is 29.2 Å². The van der Waals surface area contributed by atoms with E-state index >= 15 is 0 Å². The number of benzene rings is 1. The van der Waals surface area contributed by atoms with Crippen LogP contribution in [0.25, 0.3) is 0 Å². The molecule has 1 N–H and O–H groups in total. The van der Waals surface area contributed by atoms with Crippen LogP contribution in [0, 0.1) is 0 Å². The van der Waals surface area contributed by atoms with Gasteiger partial charge < -0.3 is 9.84 Å². The van der Waals surface area contributed by atoms with E-state index in [0.717, 1.165) is 10.0 Å². The number of aliphatic carboxylic acids is 1. The van der Waals surface area contributed by atoms with Crippen molar-refractivity contribution in [2.45, 2.75) is 6.04 Å². The first-order chi connectivity index (χ1) is 8.18. The maximum absolute atomic E-state index is 11.4. The molecule has 0 radical (unpaired) electrons. The minimum Gasteiger partial charge on any atom is -0.480 e. The van der Waals surface area contributed by atoms with E-state index in [2.05, 4.69) is 15.9 Å². The van der Waals surface area contributed by atoms with E-state index in [9.17, 15) is 9.90 Å². The molecule has 0 aliphatic carbocycles. The average Bonchev–Trinajstić information content (AvgIpc) is 2.33. The van der Waals surface area contributed by atoms with Gasteiger partial charge in [0.15, 0.2) is 0 Å². The molecule has 2 rings (SSSR count). The number of hydrogen-bond acceptors (Lipinski definition) is 3. The lowest BCUT2D eigenvalue weighted by Crippen LogP contribution is -2.42. The molecular formula is C12H14BrNO3. The first kappa shape index (κ1) is 12.5. The Labute approximate surface area is 108 Å². The lowest BCUT2D eigenvalue weighted by Gasteiger charge is -2.32. The van der Waals surface area contributed by atoms with Crippen LogP contribution in [0.2, 0.25) is 0 Å². The maximum atomic E-state index is 11.4. The van der Waals surface area contributed by atoms with E-state index in [4.69, 9.17) is 4.74 Å². The Morgan fingerprint density at radius 1 is 1.29 bits per heavy atom. The van der Waals surface area contributed by atoms with Crippen molar-refractivity contribution in [1.29, 1.82) is 0 Å². The summed E-state index contributed by atoms with van der Waals surface area (Å²) in [6.45, 7) is 2.51. The molecule has 0 aromatic heterocycles. The molecule has 92 valence electrons. The summed E-state index contributed by atoms with van der Waals surface area (Å²) >= 11 is 3.35. The van der Waals surface area contributed by atoms with Gasteiger partial charge in [0, 0.05) is 17.6 Å². The van der Waals surface area contributed by atoms with Gasteiger partial charge in [0.25, 0.3) is 0 Å². The minimum atomic E-state index is -0.811. The third-order valence-corrected chi connectivity index (χ3v) is 3.36. The van der Waals surface area contributed by atoms with Crippen LogP contribution in [0.4, 0.5) is 0 Å². The van der Waals surface area contributed by atoms with Crippen molar-refractivity contribution in [3.05, 3.63) is 34.3 Å². The number of morpholine rings is 1. The average molecular weight is 300 g/mol. The summed E-state index contributed by atoms with van der Waals surface area (Å²) < 4.78 is 6.19. The minimum absolute atomic E-state index is 0.577. The van der Waals surface area contributed by atoms with Gasteiger partial charge in [-0.1, -0.05) is 28.1 Å². The van der Waals surface area contributed by atoms with Gasteiger partial charge in [0.05, 0.1) is 13.2 Å². The molecule has 1 fully saturated rings. The fourth-order valence-electron chi connectivity index (χ4n) is 1.99. The first-order valence-corrected chi connectivity index (χ1v) is 6.28. The van der Waals surface area contributed by atoms with E-state index in [1.165, 1.54) is 0 Å². The van der Waals surface area contributed by atoms with Crippen LogP contribution in [0.5, 0.6) is 0 Å². The highest BCUT2D eigenvalue weighted by molar-refractivity contribution is 9.10. The summed E-state index contributed by atoms with van der Waals surface area (Å²) in [7, 11) is 0. The molecule has 1 aromatic carbocycles. The van der Waals surface area contributed by atoms with Gasteiger partial charge >= 0.3 is 5.97 Å². The van der Waals surface area contributed by atoms with Gasteiger partial charge in [-0.15, -0.1) is 0 Å². The van der Waals surface area contributed by atoms with Crippen molar-refractivity contribution < 1.29 is 14.6 Å². The zero-order valence-electron chi connectivity index (χ0n) is 9.30. The van der Waals surface area contributed by atoms with Gasteiger partial charge in [-0.25, -0.2) is 0 Å². The smallest absolute Gasteiger partial charge is 0.325 e. The fourth-order valence-corrected chi connectivity index (χ4v) is 2.25. The molecular weight excluding hydrogens is 286 g/mol. The number of carboxylic acids is 1. The van der Waals surface area contributed by atoms with E-state index in [1.54, 1.807) is 0 Å². The molecule has 17 heavy (non-hydrogen) atoms. The quantitative estimate of drug-likeness (QED) is 0.926. The standard InChI is InChI=1S/C12H14BrNO3/c13-10-3-1-9(2-4-10)11(12(15)16)14-5-7-17-8-6-14/h1-4,11H,5-8H2,(H,15,16)/t11-/m1/s1. The largest absolute Gasteiger partial charge is 0.480 e. The molecule has 0 spiro atoms. The second-order valence-corrected chi connectivity index (χ2v) is 4.86. The summed E-state index contributed by atoms with van der Waals surface area (Å²) in [6, 6.07) is 6.85. The Hall–Kier alpha value is -0.910. The van der Waals surface area contributed by atoms with Crippen molar-refractivity contribution in [2.24, 2.45) is 0 Å². The van der Waals surface area contributed by atoms with Crippen molar-refractivity contribution >= 4 is 21.9 Å². The van der Waals surface area contributed by atoms with Gasteiger partial charge in [0.2, 0.25) is 0 Å². The fraction of sp³-hybridized carbons (Fsp3) is 0.417. The maximum Gasteiger partial charge on any atom is 0.325 e. The molecule has 0 saturated carbocycles. The van der Waals surface area contributed by atoms with Gasteiger partial charge in [-0.05, 0) is 17.7 Å². The van der Waals surface area contributed by atoms with E-state index < -0.39 is 12.0 Å². The van der Waals surface area contributed by atoms with Crippen LogP contribution < -0.4 is 0 Å². The normalized spacial score (nSPS) is 18.9. The topological polar surface area (TPSA) is 49.8 Å². The SMILES string of the molecule is O=C(O)[C@@H](c1ccc(Br)cc1)N1CCOCC1. The van der Waals surface area contributed by atoms with Crippen LogP contribution in [0.15, 0.2) is 28.7 Å². The van der Waals surface area contributed by atoms with Crippen molar-refractivity contribution in [3.8, 4) is 0 Å². The summed E-state index contributed by atoms with van der Waals surface area (Å²) in [4.78, 5) is 13.3. The predicted octanol–water partition coefficient (Wildman–Crippen LogP) is 1.91. The molecule has 5 heteroatoms. The Balaban J connectivity index is 2.21. The van der Waals surface area contributed by atoms with Crippen molar-refractivity contribution in [3.63, 3.8) is 0 Å². The van der Waals surface area contributed by atoms with E-state index in [0.29, 0.717) is 26.3 Å². The summed E-state index contributed by atoms with van der Waals surface area (Å²) in [5.41, 5.74) is 0.808. The number of nitrogens with zero attached hydrogens (tertiary/aromatic N) is 1. The molecule has 0 unspecified atom stereocenters. The van der Waals surface area contributed by atoms with Crippen molar-refractivity contribution in [1.82, 2.24) is 4.90 Å². The number of carbonyl (C=O) groups is 1. The summed E-state index contributed by atoms with van der Waals surface area (Å²) in [5, 5.41) is 9.35. The number of ether oxygens (including phenoxy) is 1. The Morgan fingerprint density at radius 2 is 1.88 bits per heavy atom. The van der Waals surface area contributed by atoms with Gasteiger partial charge in [0.1, 0.15) is 6.04 Å². The Bertz CT molecular complexity index is 387. The first-order valence-electron chi connectivity index (χ1n) is 5.48. The highest BCUT2D eigenvalue weighted by Gasteiger charge is 2.28. The number of halogens is 1. The second-order valence-electron chi connectivity index (χ2n) is 3.94.